The third-order valence-electron chi connectivity index (χ3n) is 3.47. The van der Waals surface area contributed by atoms with E-state index in [-0.39, 0.29) is 5.82 Å². The van der Waals surface area contributed by atoms with Gasteiger partial charge in [0.15, 0.2) is 5.82 Å². The molecule has 98 valence electrons. The van der Waals surface area contributed by atoms with E-state index in [1.54, 1.807) is 12.1 Å². The fraction of sp³-hybridized carbons (Fsp3) is 0.333. The predicted octanol–water partition coefficient (Wildman–Crippen LogP) is 4.21. The zero-order valence-electron chi connectivity index (χ0n) is 10.5. The van der Waals surface area contributed by atoms with Gasteiger partial charge in [-0.3, -0.25) is 0 Å². The Morgan fingerprint density at radius 2 is 1.89 bits per heavy atom. The molecule has 0 spiro atoms. The van der Waals surface area contributed by atoms with Crippen molar-refractivity contribution >= 4 is 11.6 Å². The van der Waals surface area contributed by atoms with E-state index in [9.17, 15) is 4.39 Å². The molecule has 0 saturated heterocycles. The molecule has 0 radical (unpaired) electrons. The molecule has 0 atom stereocenters. The Balaban J connectivity index is 2.09. The summed E-state index contributed by atoms with van der Waals surface area (Å²) in [5, 5.41) is 0.520. The molecule has 1 aliphatic carbocycles. The van der Waals surface area contributed by atoms with Crippen molar-refractivity contribution in [1.82, 2.24) is 9.97 Å². The Morgan fingerprint density at radius 1 is 1.05 bits per heavy atom. The fourth-order valence-electron chi connectivity index (χ4n) is 2.48. The number of aromatic nitrogens is 2. The van der Waals surface area contributed by atoms with Crippen LogP contribution in [-0.4, -0.2) is 9.97 Å². The van der Waals surface area contributed by atoms with Crippen LogP contribution in [0.3, 0.4) is 0 Å². The highest BCUT2D eigenvalue weighted by molar-refractivity contribution is 6.30. The van der Waals surface area contributed by atoms with Crippen LogP contribution < -0.4 is 0 Å². The summed E-state index contributed by atoms with van der Waals surface area (Å²) in [5.74, 6) is 0.234. The van der Waals surface area contributed by atoms with Gasteiger partial charge in [-0.1, -0.05) is 30.2 Å². The van der Waals surface area contributed by atoms with Gasteiger partial charge in [0.25, 0.3) is 0 Å². The molecule has 0 N–H and O–H groups in total. The van der Waals surface area contributed by atoms with E-state index in [0.29, 0.717) is 16.5 Å². The third kappa shape index (κ3) is 2.61. The molecule has 0 bridgehead atoms. The number of hydrogen-bond acceptors (Lipinski definition) is 2. The van der Waals surface area contributed by atoms with E-state index in [2.05, 4.69) is 9.97 Å². The van der Waals surface area contributed by atoms with Gasteiger partial charge in [0.05, 0.1) is 0 Å². The van der Waals surface area contributed by atoms with E-state index in [1.807, 2.05) is 0 Å². The molecule has 1 aromatic heterocycles. The van der Waals surface area contributed by atoms with Crippen LogP contribution in [0, 0.1) is 5.82 Å². The Hall–Kier alpha value is -1.48. The lowest BCUT2D eigenvalue weighted by Gasteiger charge is -2.09. The van der Waals surface area contributed by atoms with Crippen molar-refractivity contribution in [2.75, 3.05) is 0 Å². The van der Waals surface area contributed by atoms with Crippen LogP contribution in [0.2, 0.25) is 5.15 Å². The van der Waals surface area contributed by atoms with Gasteiger partial charge in [0.2, 0.25) is 0 Å². The minimum atomic E-state index is -0.285. The van der Waals surface area contributed by atoms with E-state index in [1.165, 1.54) is 18.6 Å². The molecule has 2 nitrogen and oxygen atoms in total. The van der Waals surface area contributed by atoms with Crippen molar-refractivity contribution in [3.63, 3.8) is 0 Å². The maximum absolute atomic E-state index is 13.3. The van der Waals surface area contributed by atoms with Crippen LogP contribution >= 0.6 is 11.6 Å². The number of benzene rings is 1. The van der Waals surface area contributed by atoms with Gasteiger partial charge < -0.3 is 0 Å². The molecule has 1 heterocycles. The van der Waals surface area contributed by atoms with Crippen LogP contribution in [0.15, 0.2) is 24.3 Å². The number of aryl methyl sites for hydroxylation is 1. The minimum absolute atomic E-state index is 0.285. The van der Waals surface area contributed by atoms with Crippen LogP contribution in [0.5, 0.6) is 0 Å². The van der Waals surface area contributed by atoms with Crippen molar-refractivity contribution in [2.24, 2.45) is 0 Å². The highest BCUT2D eigenvalue weighted by atomic mass is 35.5. The first-order valence-electron chi connectivity index (χ1n) is 6.55. The monoisotopic (exact) mass is 276 g/mol. The lowest BCUT2D eigenvalue weighted by atomic mass is 10.1. The number of hydrogen-bond donors (Lipinski definition) is 0. The van der Waals surface area contributed by atoms with Gasteiger partial charge in [-0.2, -0.15) is 0 Å². The molecule has 0 saturated carbocycles. The molecule has 3 rings (SSSR count). The van der Waals surface area contributed by atoms with Crippen LogP contribution in [0.25, 0.3) is 11.4 Å². The second-order valence-electron chi connectivity index (χ2n) is 4.83. The predicted molar refractivity (Wildman–Crippen MR) is 73.7 cm³/mol. The summed E-state index contributed by atoms with van der Waals surface area (Å²) in [5.41, 5.74) is 2.77. The smallest absolute Gasteiger partial charge is 0.161 e. The van der Waals surface area contributed by atoms with Gasteiger partial charge in [-0.15, -0.1) is 0 Å². The van der Waals surface area contributed by atoms with Crippen LogP contribution in [-0.2, 0) is 12.8 Å². The van der Waals surface area contributed by atoms with Crippen molar-refractivity contribution in [1.29, 1.82) is 0 Å². The lowest BCUT2D eigenvalue weighted by molar-refractivity contribution is 0.628. The summed E-state index contributed by atoms with van der Waals surface area (Å²) in [7, 11) is 0. The Kier molecular flexibility index (Phi) is 3.47. The Morgan fingerprint density at radius 3 is 2.74 bits per heavy atom. The maximum atomic E-state index is 13.3. The Bertz CT molecular complexity index is 613. The first kappa shape index (κ1) is 12.5. The zero-order valence-corrected chi connectivity index (χ0v) is 11.3. The molecular weight excluding hydrogens is 263 g/mol. The van der Waals surface area contributed by atoms with Gasteiger partial charge in [-0.25, -0.2) is 14.4 Å². The third-order valence-corrected chi connectivity index (χ3v) is 3.78. The highest BCUT2D eigenvalue weighted by Gasteiger charge is 2.16. The summed E-state index contributed by atoms with van der Waals surface area (Å²) >= 11 is 6.26. The van der Waals surface area contributed by atoms with E-state index >= 15 is 0 Å². The topological polar surface area (TPSA) is 25.8 Å². The van der Waals surface area contributed by atoms with Crippen molar-refractivity contribution in [3.05, 3.63) is 46.5 Å². The summed E-state index contributed by atoms with van der Waals surface area (Å²) in [4.78, 5) is 8.91. The largest absolute Gasteiger partial charge is 0.233 e. The molecule has 0 amide bonds. The molecule has 4 heteroatoms. The van der Waals surface area contributed by atoms with Crippen molar-refractivity contribution < 1.29 is 4.39 Å². The molecule has 1 aliphatic rings. The Labute approximate surface area is 116 Å². The number of rotatable bonds is 1. The van der Waals surface area contributed by atoms with Gasteiger partial charge in [0.1, 0.15) is 11.0 Å². The second kappa shape index (κ2) is 5.25. The number of nitrogens with zero attached hydrogens (tertiary/aromatic N) is 2. The van der Waals surface area contributed by atoms with Crippen LogP contribution in [0.1, 0.15) is 30.5 Å². The summed E-state index contributed by atoms with van der Waals surface area (Å²) in [6, 6.07) is 6.31. The van der Waals surface area contributed by atoms with Gasteiger partial charge in [-0.05, 0) is 37.8 Å². The lowest BCUT2D eigenvalue weighted by Crippen LogP contribution is -2.02. The van der Waals surface area contributed by atoms with E-state index in [0.717, 1.165) is 36.9 Å². The molecular formula is C15H14ClFN2. The minimum Gasteiger partial charge on any atom is -0.233 e. The zero-order chi connectivity index (χ0) is 13.2. The molecule has 2 aromatic rings. The average Bonchev–Trinajstić information content (AvgIpc) is 2.64. The van der Waals surface area contributed by atoms with Crippen LogP contribution in [0.4, 0.5) is 4.39 Å². The van der Waals surface area contributed by atoms with Crippen molar-refractivity contribution in [3.8, 4) is 11.4 Å². The number of fused-ring (bicyclic) bond motifs is 1. The second-order valence-corrected chi connectivity index (χ2v) is 5.19. The van der Waals surface area contributed by atoms with Gasteiger partial charge in [0, 0.05) is 16.8 Å². The molecule has 1 aromatic carbocycles. The highest BCUT2D eigenvalue weighted by Crippen LogP contribution is 2.27. The number of halogens is 2. The van der Waals surface area contributed by atoms with E-state index in [4.69, 9.17) is 11.6 Å². The summed E-state index contributed by atoms with van der Waals surface area (Å²) in [6.07, 6.45) is 5.33. The standard InChI is InChI=1S/C15H14ClFN2/c16-14-12-7-2-1-3-8-13(12)18-15(19-14)10-5-4-6-11(17)9-10/h4-6,9H,1-3,7-8H2. The summed E-state index contributed by atoms with van der Waals surface area (Å²) in [6.45, 7) is 0. The first-order valence-corrected chi connectivity index (χ1v) is 6.93. The summed E-state index contributed by atoms with van der Waals surface area (Å²) < 4.78 is 13.3. The SMILES string of the molecule is Fc1cccc(-c2nc(Cl)c3c(n2)CCCCC3)c1. The molecule has 0 fully saturated rings. The molecule has 0 unspecified atom stereocenters. The van der Waals surface area contributed by atoms with Gasteiger partial charge >= 0.3 is 0 Å². The first-order chi connectivity index (χ1) is 9.24. The molecule has 0 aliphatic heterocycles. The van der Waals surface area contributed by atoms with E-state index < -0.39 is 0 Å². The molecule has 19 heavy (non-hydrogen) atoms. The maximum Gasteiger partial charge on any atom is 0.161 e. The van der Waals surface area contributed by atoms with Crippen molar-refractivity contribution in [2.45, 2.75) is 32.1 Å². The average molecular weight is 277 g/mol. The quantitative estimate of drug-likeness (QED) is 0.576. The fourth-order valence-corrected chi connectivity index (χ4v) is 2.77. The normalized spacial score (nSPS) is 14.8.